The van der Waals surface area contributed by atoms with Gasteiger partial charge in [0, 0.05) is 12.6 Å². The Bertz CT molecular complexity index is 557. The van der Waals surface area contributed by atoms with Crippen LogP contribution in [0.25, 0.3) is 0 Å². The predicted molar refractivity (Wildman–Crippen MR) is 63.7 cm³/mol. The normalized spacial score (nSPS) is 10.2. The molecule has 0 spiro atoms. The van der Waals surface area contributed by atoms with Crippen molar-refractivity contribution < 1.29 is 9.18 Å². The fourth-order valence-electron chi connectivity index (χ4n) is 1.49. The summed E-state index contributed by atoms with van der Waals surface area (Å²) in [5, 5.41) is 0.286. The van der Waals surface area contributed by atoms with E-state index >= 15 is 0 Å². The number of benzene rings is 1. The number of hydrogen-bond acceptors (Lipinski definition) is 2. The molecule has 0 saturated carbocycles. The molecule has 1 aromatic heterocycles. The van der Waals surface area contributed by atoms with E-state index < -0.39 is 5.82 Å². The van der Waals surface area contributed by atoms with Gasteiger partial charge in [-0.05, 0) is 23.8 Å². The van der Waals surface area contributed by atoms with Gasteiger partial charge in [0.05, 0.1) is 5.02 Å². The fraction of sp³-hybridized carbons (Fsp3) is 0.0769. The van der Waals surface area contributed by atoms with Crippen molar-refractivity contribution in [2.75, 3.05) is 0 Å². The first-order chi connectivity index (χ1) is 8.18. The number of hydrogen-bond donors (Lipinski definition) is 0. The first-order valence-corrected chi connectivity index (χ1v) is 5.43. The summed E-state index contributed by atoms with van der Waals surface area (Å²) >= 11 is 5.85. The van der Waals surface area contributed by atoms with Crippen LogP contribution in [0.2, 0.25) is 5.02 Å². The number of carbonyl (C=O) groups excluding carboxylic acids is 1. The third kappa shape index (κ3) is 2.68. The molecule has 2 aromatic rings. The van der Waals surface area contributed by atoms with Gasteiger partial charge in [-0.25, -0.2) is 4.39 Å². The highest BCUT2D eigenvalue weighted by Crippen LogP contribution is 2.16. The molecular weight excluding hydrogens is 241 g/mol. The molecule has 0 bridgehead atoms. The van der Waals surface area contributed by atoms with Gasteiger partial charge in [-0.2, -0.15) is 0 Å². The molecule has 0 atom stereocenters. The van der Waals surface area contributed by atoms with E-state index in [1.807, 2.05) is 0 Å². The van der Waals surface area contributed by atoms with Gasteiger partial charge >= 0.3 is 0 Å². The Morgan fingerprint density at radius 1 is 1.24 bits per heavy atom. The summed E-state index contributed by atoms with van der Waals surface area (Å²) in [7, 11) is 0. The summed E-state index contributed by atoms with van der Waals surface area (Å²) < 4.78 is 13.4. The number of aromatic nitrogens is 1. The van der Waals surface area contributed by atoms with Crippen LogP contribution < -0.4 is 0 Å². The largest absolute Gasteiger partial charge is 0.292 e. The number of halogens is 2. The number of pyridine rings is 1. The lowest BCUT2D eigenvalue weighted by Gasteiger charge is -2.03. The molecule has 4 heteroatoms. The highest BCUT2D eigenvalue weighted by Gasteiger charge is 2.13. The van der Waals surface area contributed by atoms with E-state index in [0.29, 0.717) is 5.56 Å². The maximum atomic E-state index is 13.4. The van der Waals surface area contributed by atoms with E-state index in [2.05, 4.69) is 4.98 Å². The number of carbonyl (C=O) groups is 1. The Labute approximate surface area is 103 Å². The van der Waals surface area contributed by atoms with Gasteiger partial charge in [0.2, 0.25) is 0 Å². The van der Waals surface area contributed by atoms with Gasteiger partial charge in [0.15, 0.2) is 5.78 Å². The van der Waals surface area contributed by atoms with Crippen LogP contribution in [0, 0.1) is 5.82 Å². The van der Waals surface area contributed by atoms with Crippen molar-refractivity contribution in [2.24, 2.45) is 0 Å². The quantitative estimate of drug-likeness (QED) is 0.782. The molecule has 0 aliphatic heterocycles. The van der Waals surface area contributed by atoms with Crippen molar-refractivity contribution in [3.63, 3.8) is 0 Å². The van der Waals surface area contributed by atoms with Crippen LogP contribution in [0.15, 0.2) is 42.6 Å². The highest BCUT2D eigenvalue weighted by molar-refractivity contribution is 6.33. The molecule has 0 unspecified atom stereocenters. The molecule has 17 heavy (non-hydrogen) atoms. The van der Waals surface area contributed by atoms with Gasteiger partial charge in [-0.1, -0.05) is 29.8 Å². The first-order valence-electron chi connectivity index (χ1n) is 5.05. The van der Waals surface area contributed by atoms with Gasteiger partial charge in [0.1, 0.15) is 11.5 Å². The van der Waals surface area contributed by atoms with Gasteiger partial charge in [-0.3, -0.25) is 9.78 Å². The van der Waals surface area contributed by atoms with E-state index in [4.69, 9.17) is 11.6 Å². The maximum Gasteiger partial charge on any atom is 0.187 e. The average molecular weight is 250 g/mol. The average Bonchev–Trinajstić information content (AvgIpc) is 2.32. The van der Waals surface area contributed by atoms with E-state index in [1.165, 1.54) is 12.3 Å². The summed E-state index contributed by atoms with van der Waals surface area (Å²) in [5.41, 5.74) is 0.525. The Morgan fingerprint density at radius 2 is 2.00 bits per heavy atom. The second kappa shape index (κ2) is 5.06. The van der Waals surface area contributed by atoms with Crippen molar-refractivity contribution in [3.05, 3.63) is 64.7 Å². The molecule has 0 aliphatic carbocycles. The zero-order valence-corrected chi connectivity index (χ0v) is 9.62. The lowest BCUT2D eigenvalue weighted by molar-refractivity contribution is 0.0987. The van der Waals surface area contributed by atoms with Crippen molar-refractivity contribution in [3.8, 4) is 0 Å². The summed E-state index contributed by atoms with van der Waals surface area (Å²) in [6, 6.07) is 9.39. The predicted octanol–water partition coefficient (Wildman–Crippen LogP) is 3.30. The Balaban J connectivity index is 2.24. The third-order valence-electron chi connectivity index (χ3n) is 2.33. The smallest absolute Gasteiger partial charge is 0.187 e. The minimum absolute atomic E-state index is 0.0383. The van der Waals surface area contributed by atoms with Crippen LogP contribution in [-0.2, 0) is 6.42 Å². The Kier molecular flexibility index (Phi) is 3.49. The van der Waals surface area contributed by atoms with Crippen molar-refractivity contribution in [1.29, 1.82) is 0 Å². The molecule has 0 amide bonds. The number of nitrogens with zero attached hydrogens (tertiary/aromatic N) is 1. The molecule has 0 fully saturated rings. The van der Waals surface area contributed by atoms with Crippen LogP contribution in [0.1, 0.15) is 16.1 Å². The molecule has 86 valence electrons. The number of rotatable bonds is 3. The molecule has 1 aromatic carbocycles. The Morgan fingerprint density at radius 3 is 2.71 bits per heavy atom. The van der Waals surface area contributed by atoms with E-state index in [9.17, 15) is 9.18 Å². The van der Waals surface area contributed by atoms with Crippen LogP contribution in [0.4, 0.5) is 4.39 Å². The van der Waals surface area contributed by atoms with E-state index in [1.54, 1.807) is 30.3 Å². The summed E-state index contributed by atoms with van der Waals surface area (Å²) in [6.45, 7) is 0. The molecule has 0 aliphatic rings. The van der Waals surface area contributed by atoms with Crippen molar-refractivity contribution in [2.45, 2.75) is 6.42 Å². The monoisotopic (exact) mass is 249 g/mol. The molecule has 1 heterocycles. The lowest BCUT2D eigenvalue weighted by Crippen LogP contribution is -2.07. The number of Topliss-reactive ketones (excluding diaryl/α,β-unsaturated/α-hetero) is 1. The molecule has 0 saturated heterocycles. The van der Waals surface area contributed by atoms with Crippen LogP contribution >= 0.6 is 11.6 Å². The minimum Gasteiger partial charge on any atom is -0.292 e. The zero-order valence-electron chi connectivity index (χ0n) is 8.86. The highest BCUT2D eigenvalue weighted by atomic mass is 35.5. The van der Waals surface area contributed by atoms with Crippen molar-refractivity contribution >= 4 is 17.4 Å². The maximum absolute atomic E-state index is 13.4. The molecule has 0 N–H and O–H groups in total. The summed E-state index contributed by atoms with van der Waals surface area (Å²) in [6.07, 6.45) is 1.45. The second-order valence-corrected chi connectivity index (χ2v) is 3.93. The zero-order chi connectivity index (χ0) is 12.3. The number of ketones is 1. The molecule has 2 nitrogen and oxygen atoms in total. The molecule has 2 rings (SSSR count). The van der Waals surface area contributed by atoms with Crippen molar-refractivity contribution in [1.82, 2.24) is 4.98 Å². The van der Waals surface area contributed by atoms with Crippen LogP contribution in [0.5, 0.6) is 0 Å². The van der Waals surface area contributed by atoms with E-state index in [-0.39, 0.29) is 22.9 Å². The second-order valence-electron chi connectivity index (χ2n) is 3.53. The fourth-order valence-corrected chi connectivity index (χ4v) is 1.72. The first kappa shape index (κ1) is 11.7. The minimum atomic E-state index is -0.395. The van der Waals surface area contributed by atoms with Gasteiger partial charge in [0.25, 0.3) is 0 Å². The topological polar surface area (TPSA) is 30.0 Å². The third-order valence-corrected chi connectivity index (χ3v) is 2.64. The van der Waals surface area contributed by atoms with Crippen LogP contribution in [-0.4, -0.2) is 10.8 Å². The lowest BCUT2D eigenvalue weighted by atomic mass is 10.1. The summed E-state index contributed by atoms with van der Waals surface area (Å²) in [4.78, 5) is 15.8. The van der Waals surface area contributed by atoms with Crippen LogP contribution in [0.3, 0.4) is 0 Å². The summed E-state index contributed by atoms with van der Waals surface area (Å²) in [5.74, 6) is -0.686. The molecular formula is C13H9ClFNO. The SMILES string of the molecule is O=C(Cc1ccccc1F)c1ncccc1Cl. The molecule has 0 radical (unpaired) electrons. The Hall–Kier alpha value is -1.74. The van der Waals surface area contributed by atoms with Gasteiger partial charge in [-0.15, -0.1) is 0 Å². The standard InChI is InChI=1S/C13H9ClFNO/c14-10-5-3-7-16-13(10)12(17)8-9-4-1-2-6-11(9)15/h1-7H,8H2. The van der Waals surface area contributed by atoms with Gasteiger partial charge < -0.3 is 0 Å². The van der Waals surface area contributed by atoms with E-state index in [0.717, 1.165) is 0 Å².